The fourth-order valence-electron chi connectivity index (χ4n) is 1.81. The first-order chi connectivity index (χ1) is 9.20. The third kappa shape index (κ3) is 3.37. The number of primary amides is 1. The fraction of sp³-hybridized carbons (Fsp3) is 0.267. The lowest BCUT2D eigenvalue weighted by atomic mass is 10.1. The van der Waals surface area contributed by atoms with Crippen LogP contribution in [0.1, 0.15) is 35.7 Å². The first-order valence-corrected chi connectivity index (χ1v) is 6.42. The Bertz CT molecular complexity index is 547. The Balaban J connectivity index is 2.15. The van der Waals surface area contributed by atoms with E-state index in [-0.39, 0.29) is 0 Å². The molecule has 0 fully saturated rings. The van der Waals surface area contributed by atoms with Crippen molar-refractivity contribution in [3.8, 4) is 11.4 Å². The van der Waals surface area contributed by atoms with Crippen LogP contribution in [0.2, 0.25) is 0 Å². The summed E-state index contributed by atoms with van der Waals surface area (Å²) in [6, 6.07) is 8.20. The smallest absolute Gasteiger partial charge is 0.251 e. The number of rotatable bonds is 5. The van der Waals surface area contributed by atoms with Gasteiger partial charge in [0.25, 0.3) is 5.91 Å². The molecule has 0 saturated carbocycles. The molecule has 0 spiro atoms. The lowest BCUT2D eigenvalue weighted by Crippen LogP contribution is -2.11. The number of nitrogens with two attached hydrogens (primary N) is 1. The summed E-state index contributed by atoms with van der Waals surface area (Å²) in [6.45, 7) is 2.18. The second kappa shape index (κ2) is 6.09. The third-order valence-electron chi connectivity index (χ3n) is 2.97. The quantitative estimate of drug-likeness (QED) is 0.892. The summed E-state index contributed by atoms with van der Waals surface area (Å²) in [5.41, 5.74) is 7.73. The van der Waals surface area contributed by atoms with E-state index in [1.807, 2.05) is 12.1 Å². The van der Waals surface area contributed by atoms with E-state index in [9.17, 15) is 4.79 Å². The molecule has 4 heteroatoms. The molecule has 98 valence electrons. The first kappa shape index (κ1) is 13.2. The Kier molecular flexibility index (Phi) is 4.23. The minimum atomic E-state index is -0.513. The SMILES string of the molecule is CCCCc1ccc(-c2ncc(C(N)=O)cn2)cc1. The largest absolute Gasteiger partial charge is 0.366 e. The average Bonchev–Trinajstić information content (AvgIpc) is 2.46. The van der Waals surface area contributed by atoms with Crippen molar-refractivity contribution in [2.24, 2.45) is 5.73 Å². The standard InChI is InChI=1S/C15H17N3O/c1-2-3-4-11-5-7-12(8-6-11)15-17-9-13(10-18-15)14(16)19/h5-10H,2-4H2,1H3,(H2,16,19). The van der Waals surface area contributed by atoms with E-state index in [0.29, 0.717) is 11.4 Å². The second-order valence-corrected chi connectivity index (χ2v) is 4.46. The molecule has 4 nitrogen and oxygen atoms in total. The molecule has 2 aromatic rings. The molecule has 1 aromatic heterocycles. The van der Waals surface area contributed by atoms with Crippen LogP contribution in [-0.2, 0) is 6.42 Å². The Labute approximate surface area is 112 Å². The predicted octanol–water partition coefficient (Wildman–Crippen LogP) is 2.59. The summed E-state index contributed by atoms with van der Waals surface area (Å²) in [5, 5.41) is 0. The van der Waals surface area contributed by atoms with E-state index < -0.39 is 5.91 Å². The van der Waals surface area contributed by atoms with Gasteiger partial charge in [-0.05, 0) is 18.4 Å². The Hall–Kier alpha value is -2.23. The molecule has 19 heavy (non-hydrogen) atoms. The second-order valence-electron chi connectivity index (χ2n) is 4.46. The highest BCUT2D eigenvalue weighted by Crippen LogP contribution is 2.16. The maximum atomic E-state index is 10.9. The number of aryl methyl sites for hydroxylation is 1. The molecule has 2 rings (SSSR count). The number of carbonyl (C=O) groups is 1. The molecular formula is C15H17N3O. The molecular weight excluding hydrogens is 238 g/mol. The van der Waals surface area contributed by atoms with Crippen molar-refractivity contribution < 1.29 is 4.79 Å². The van der Waals surface area contributed by atoms with Crippen LogP contribution >= 0.6 is 0 Å². The van der Waals surface area contributed by atoms with Gasteiger partial charge in [-0.3, -0.25) is 4.79 Å². The third-order valence-corrected chi connectivity index (χ3v) is 2.97. The Morgan fingerprint density at radius 1 is 1.16 bits per heavy atom. The molecule has 2 N–H and O–H groups in total. The van der Waals surface area contributed by atoms with Crippen molar-refractivity contribution in [3.63, 3.8) is 0 Å². The molecule has 0 saturated heterocycles. The number of carbonyl (C=O) groups excluding carboxylic acids is 1. The molecule has 1 amide bonds. The highest BCUT2D eigenvalue weighted by molar-refractivity contribution is 5.92. The van der Waals surface area contributed by atoms with Gasteiger partial charge in [-0.2, -0.15) is 0 Å². The zero-order chi connectivity index (χ0) is 13.7. The first-order valence-electron chi connectivity index (χ1n) is 6.42. The molecule has 0 radical (unpaired) electrons. The maximum Gasteiger partial charge on any atom is 0.251 e. The molecule has 0 aliphatic rings. The van der Waals surface area contributed by atoms with Gasteiger partial charge < -0.3 is 5.73 Å². The Morgan fingerprint density at radius 3 is 2.32 bits per heavy atom. The number of hydrogen-bond donors (Lipinski definition) is 1. The molecule has 0 aliphatic carbocycles. The summed E-state index contributed by atoms with van der Waals surface area (Å²) in [6.07, 6.45) is 6.40. The zero-order valence-electron chi connectivity index (χ0n) is 11.0. The molecule has 0 aliphatic heterocycles. The number of unbranched alkanes of at least 4 members (excludes halogenated alkanes) is 1. The van der Waals surface area contributed by atoms with Crippen LogP contribution < -0.4 is 5.73 Å². The normalized spacial score (nSPS) is 10.4. The fourth-order valence-corrected chi connectivity index (χ4v) is 1.81. The van der Waals surface area contributed by atoms with E-state index in [4.69, 9.17) is 5.73 Å². The maximum absolute atomic E-state index is 10.9. The van der Waals surface area contributed by atoms with Crippen LogP contribution in [0.25, 0.3) is 11.4 Å². The van der Waals surface area contributed by atoms with Crippen molar-refractivity contribution in [1.29, 1.82) is 0 Å². The van der Waals surface area contributed by atoms with Gasteiger partial charge in [-0.15, -0.1) is 0 Å². The molecule has 0 atom stereocenters. The van der Waals surface area contributed by atoms with Crippen molar-refractivity contribution in [3.05, 3.63) is 47.8 Å². The number of nitrogens with zero attached hydrogens (tertiary/aromatic N) is 2. The van der Waals surface area contributed by atoms with E-state index >= 15 is 0 Å². The summed E-state index contributed by atoms with van der Waals surface area (Å²) in [4.78, 5) is 19.2. The van der Waals surface area contributed by atoms with Gasteiger partial charge in [0.1, 0.15) is 0 Å². The lowest BCUT2D eigenvalue weighted by Gasteiger charge is -2.03. The van der Waals surface area contributed by atoms with Gasteiger partial charge in [0.05, 0.1) is 5.56 Å². The molecule has 0 bridgehead atoms. The molecule has 1 aromatic carbocycles. The minimum Gasteiger partial charge on any atom is -0.366 e. The molecule has 1 heterocycles. The van der Waals surface area contributed by atoms with E-state index in [1.165, 1.54) is 30.8 Å². The predicted molar refractivity (Wildman–Crippen MR) is 74.6 cm³/mol. The van der Waals surface area contributed by atoms with Crippen LogP contribution in [0, 0.1) is 0 Å². The highest BCUT2D eigenvalue weighted by Gasteiger charge is 2.04. The van der Waals surface area contributed by atoms with Crippen LogP contribution in [0.5, 0.6) is 0 Å². The summed E-state index contributed by atoms with van der Waals surface area (Å²) >= 11 is 0. The van der Waals surface area contributed by atoms with Crippen molar-refractivity contribution in [2.75, 3.05) is 0 Å². The van der Waals surface area contributed by atoms with Crippen LogP contribution in [0.4, 0.5) is 0 Å². The average molecular weight is 255 g/mol. The van der Waals surface area contributed by atoms with Crippen LogP contribution in [0.15, 0.2) is 36.7 Å². The van der Waals surface area contributed by atoms with Crippen molar-refractivity contribution in [2.45, 2.75) is 26.2 Å². The summed E-state index contributed by atoms with van der Waals surface area (Å²) in [5.74, 6) is 0.0912. The monoisotopic (exact) mass is 255 g/mol. The summed E-state index contributed by atoms with van der Waals surface area (Å²) in [7, 11) is 0. The van der Waals surface area contributed by atoms with Crippen LogP contribution in [0.3, 0.4) is 0 Å². The van der Waals surface area contributed by atoms with Gasteiger partial charge in [0.15, 0.2) is 5.82 Å². The minimum absolute atomic E-state index is 0.323. The van der Waals surface area contributed by atoms with Gasteiger partial charge in [0, 0.05) is 18.0 Å². The number of aromatic nitrogens is 2. The van der Waals surface area contributed by atoms with Gasteiger partial charge in [0.2, 0.25) is 0 Å². The number of benzene rings is 1. The highest BCUT2D eigenvalue weighted by atomic mass is 16.1. The van der Waals surface area contributed by atoms with Crippen molar-refractivity contribution >= 4 is 5.91 Å². The number of hydrogen-bond acceptors (Lipinski definition) is 3. The topological polar surface area (TPSA) is 68.9 Å². The van der Waals surface area contributed by atoms with E-state index in [2.05, 4.69) is 29.0 Å². The zero-order valence-corrected chi connectivity index (χ0v) is 11.0. The lowest BCUT2D eigenvalue weighted by molar-refractivity contribution is 0.0999. The van der Waals surface area contributed by atoms with Gasteiger partial charge in [-0.1, -0.05) is 37.6 Å². The van der Waals surface area contributed by atoms with Gasteiger partial charge in [-0.25, -0.2) is 9.97 Å². The van der Waals surface area contributed by atoms with Crippen LogP contribution in [-0.4, -0.2) is 15.9 Å². The van der Waals surface area contributed by atoms with Gasteiger partial charge >= 0.3 is 0 Å². The summed E-state index contributed by atoms with van der Waals surface area (Å²) < 4.78 is 0. The Morgan fingerprint density at radius 2 is 1.79 bits per heavy atom. The van der Waals surface area contributed by atoms with E-state index in [1.54, 1.807) is 0 Å². The van der Waals surface area contributed by atoms with E-state index in [0.717, 1.165) is 12.0 Å². The number of amides is 1. The van der Waals surface area contributed by atoms with Crippen molar-refractivity contribution in [1.82, 2.24) is 9.97 Å². The molecule has 0 unspecified atom stereocenters.